The summed E-state index contributed by atoms with van der Waals surface area (Å²) < 4.78 is 0. The molecule has 0 unspecified atom stereocenters. The molecule has 1 aromatic heterocycles. The van der Waals surface area contributed by atoms with Crippen LogP contribution in [0.1, 0.15) is 27.5 Å². The lowest BCUT2D eigenvalue weighted by Crippen LogP contribution is -2.30. The van der Waals surface area contributed by atoms with Crippen molar-refractivity contribution in [3.63, 3.8) is 0 Å². The molecular weight excluding hydrogens is 300 g/mol. The Balaban J connectivity index is 1.81. The van der Waals surface area contributed by atoms with Gasteiger partial charge in [0.05, 0.1) is 0 Å². The van der Waals surface area contributed by atoms with E-state index >= 15 is 0 Å². The largest absolute Gasteiger partial charge is 0.382 e. The van der Waals surface area contributed by atoms with Crippen LogP contribution in [0.5, 0.6) is 0 Å². The Hall–Kier alpha value is -3.21. The van der Waals surface area contributed by atoms with Gasteiger partial charge in [0.25, 0.3) is 5.91 Å². The highest BCUT2D eigenvalue weighted by Crippen LogP contribution is 2.23. The van der Waals surface area contributed by atoms with Crippen LogP contribution in [0.2, 0.25) is 0 Å². The second-order valence-electron chi connectivity index (χ2n) is 5.37. The van der Waals surface area contributed by atoms with Gasteiger partial charge in [-0.2, -0.15) is 0 Å². The summed E-state index contributed by atoms with van der Waals surface area (Å²) in [6.07, 6.45) is 2.92. The summed E-state index contributed by atoms with van der Waals surface area (Å²) in [5.41, 5.74) is 8.14. The van der Waals surface area contributed by atoms with Crippen LogP contribution in [0.3, 0.4) is 0 Å². The van der Waals surface area contributed by atoms with Crippen molar-refractivity contribution in [3.8, 4) is 0 Å². The molecule has 120 valence electrons. The van der Waals surface area contributed by atoms with Crippen molar-refractivity contribution < 1.29 is 4.79 Å². The summed E-state index contributed by atoms with van der Waals surface area (Å²) in [4.78, 5) is 20.2. The Morgan fingerprint density at radius 3 is 2.00 bits per heavy atom. The summed E-state index contributed by atoms with van der Waals surface area (Å²) in [5, 5.41) is 2.92. The third kappa shape index (κ3) is 3.57. The van der Waals surface area contributed by atoms with E-state index in [1.165, 1.54) is 12.4 Å². The first-order valence-electron chi connectivity index (χ1n) is 7.70. The fourth-order valence-electron chi connectivity index (χ4n) is 2.60. The number of rotatable bonds is 5. The number of hydrogen-bond acceptors (Lipinski definition) is 4. The third-order valence-electron chi connectivity index (χ3n) is 3.81. The van der Waals surface area contributed by atoms with E-state index in [0.717, 1.165) is 11.1 Å². The number of nitrogens with one attached hydrogen (secondary N) is 1. The van der Waals surface area contributed by atoms with Crippen LogP contribution in [-0.2, 0) is 0 Å². The lowest BCUT2D eigenvalue weighted by molar-refractivity contribution is 0.0948. The zero-order valence-corrected chi connectivity index (χ0v) is 13.1. The summed E-state index contributed by atoms with van der Waals surface area (Å²) in [5.74, 6) is -0.141. The SMILES string of the molecule is Nc1nccnc1C(=O)NCC(c1ccccc1)c1ccccc1. The van der Waals surface area contributed by atoms with Crippen LogP contribution in [0, 0.1) is 0 Å². The molecule has 0 saturated heterocycles. The molecule has 2 aromatic carbocycles. The third-order valence-corrected chi connectivity index (χ3v) is 3.81. The second kappa shape index (κ2) is 7.37. The van der Waals surface area contributed by atoms with Crippen molar-refractivity contribution in [2.24, 2.45) is 0 Å². The molecule has 0 aliphatic heterocycles. The fourth-order valence-corrected chi connectivity index (χ4v) is 2.60. The van der Waals surface area contributed by atoms with Crippen LogP contribution < -0.4 is 11.1 Å². The average Bonchev–Trinajstić information content (AvgIpc) is 2.64. The number of hydrogen-bond donors (Lipinski definition) is 2. The van der Waals surface area contributed by atoms with Gasteiger partial charge in [0.1, 0.15) is 0 Å². The molecule has 5 heteroatoms. The average molecular weight is 318 g/mol. The van der Waals surface area contributed by atoms with Crippen molar-refractivity contribution in [2.45, 2.75) is 5.92 Å². The first-order chi connectivity index (χ1) is 11.8. The zero-order valence-electron chi connectivity index (χ0n) is 13.1. The van der Waals surface area contributed by atoms with Crippen molar-refractivity contribution in [2.75, 3.05) is 12.3 Å². The number of amides is 1. The minimum Gasteiger partial charge on any atom is -0.382 e. The van der Waals surface area contributed by atoms with Gasteiger partial charge in [-0.25, -0.2) is 9.97 Å². The molecule has 0 saturated carbocycles. The molecule has 0 bridgehead atoms. The van der Waals surface area contributed by atoms with Crippen molar-refractivity contribution in [3.05, 3.63) is 89.9 Å². The molecule has 3 aromatic rings. The van der Waals surface area contributed by atoms with Crippen molar-refractivity contribution in [1.82, 2.24) is 15.3 Å². The van der Waals surface area contributed by atoms with E-state index in [1.54, 1.807) is 0 Å². The molecule has 1 amide bonds. The van der Waals surface area contributed by atoms with Crippen LogP contribution >= 0.6 is 0 Å². The standard InChI is InChI=1S/C19H18N4O/c20-18-17(21-11-12-22-18)19(24)23-13-16(14-7-3-1-4-8-14)15-9-5-2-6-10-15/h1-12,16H,13H2,(H2,20,22)(H,23,24). The quantitative estimate of drug-likeness (QED) is 0.758. The topological polar surface area (TPSA) is 80.9 Å². The molecule has 0 fully saturated rings. The maximum absolute atomic E-state index is 12.3. The van der Waals surface area contributed by atoms with Gasteiger partial charge in [-0.1, -0.05) is 60.7 Å². The molecule has 0 atom stereocenters. The Bertz CT molecular complexity index is 766. The minimum atomic E-state index is -0.322. The van der Waals surface area contributed by atoms with Crippen molar-refractivity contribution >= 4 is 11.7 Å². The first kappa shape index (κ1) is 15.7. The van der Waals surface area contributed by atoms with Crippen LogP contribution in [-0.4, -0.2) is 22.4 Å². The Morgan fingerprint density at radius 2 is 1.46 bits per heavy atom. The lowest BCUT2D eigenvalue weighted by Gasteiger charge is -2.19. The molecule has 24 heavy (non-hydrogen) atoms. The van der Waals surface area contributed by atoms with Crippen LogP contribution in [0.25, 0.3) is 0 Å². The molecule has 0 radical (unpaired) electrons. The minimum absolute atomic E-state index is 0.0502. The second-order valence-corrected chi connectivity index (χ2v) is 5.37. The molecule has 0 aliphatic carbocycles. The van der Waals surface area contributed by atoms with E-state index in [2.05, 4.69) is 39.6 Å². The first-order valence-corrected chi connectivity index (χ1v) is 7.70. The molecule has 5 nitrogen and oxygen atoms in total. The fraction of sp³-hybridized carbons (Fsp3) is 0.105. The van der Waals surface area contributed by atoms with E-state index in [4.69, 9.17) is 5.73 Å². The summed E-state index contributed by atoms with van der Waals surface area (Å²) in [7, 11) is 0. The van der Waals surface area contributed by atoms with Gasteiger partial charge in [0.2, 0.25) is 0 Å². The van der Waals surface area contributed by atoms with E-state index in [-0.39, 0.29) is 23.3 Å². The van der Waals surface area contributed by atoms with Crippen molar-refractivity contribution in [1.29, 1.82) is 0 Å². The van der Waals surface area contributed by atoms with Crippen LogP contribution in [0.4, 0.5) is 5.82 Å². The highest BCUT2D eigenvalue weighted by atomic mass is 16.1. The predicted molar refractivity (Wildman–Crippen MR) is 93.5 cm³/mol. The predicted octanol–water partition coefficient (Wildman–Crippen LogP) is 2.62. The number of anilines is 1. The number of carbonyl (C=O) groups excluding carboxylic acids is 1. The molecule has 3 rings (SSSR count). The number of nitrogens with two attached hydrogens (primary N) is 1. The number of nitrogens with zero attached hydrogens (tertiary/aromatic N) is 2. The molecule has 0 spiro atoms. The van der Waals surface area contributed by atoms with Gasteiger partial charge in [-0.15, -0.1) is 0 Å². The molecular formula is C19H18N4O. The van der Waals surface area contributed by atoms with Gasteiger partial charge in [0, 0.05) is 24.9 Å². The lowest BCUT2D eigenvalue weighted by atomic mass is 9.91. The number of carbonyl (C=O) groups is 1. The number of nitrogen functional groups attached to an aromatic ring is 1. The normalized spacial score (nSPS) is 10.5. The van der Waals surface area contributed by atoms with Gasteiger partial charge >= 0.3 is 0 Å². The summed E-state index contributed by atoms with van der Waals surface area (Å²) in [6, 6.07) is 20.2. The van der Waals surface area contributed by atoms with E-state index in [0.29, 0.717) is 6.54 Å². The molecule has 0 aliphatic rings. The van der Waals surface area contributed by atoms with E-state index < -0.39 is 0 Å². The highest BCUT2D eigenvalue weighted by molar-refractivity contribution is 5.96. The van der Waals surface area contributed by atoms with Crippen LogP contribution in [0.15, 0.2) is 73.1 Å². The van der Waals surface area contributed by atoms with E-state index in [9.17, 15) is 4.79 Å². The monoisotopic (exact) mass is 318 g/mol. The Kier molecular flexibility index (Phi) is 4.81. The maximum Gasteiger partial charge on any atom is 0.273 e. The van der Waals surface area contributed by atoms with E-state index in [1.807, 2.05) is 36.4 Å². The highest BCUT2D eigenvalue weighted by Gasteiger charge is 2.17. The summed E-state index contributed by atoms with van der Waals surface area (Å²) in [6.45, 7) is 0.447. The Labute approximate surface area is 140 Å². The van der Waals surface area contributed by atoms with Gasteiger partial charge in [0.15, 0.2) is 11.5 Å². The van der Waals surface area contributed by atoms with Gasteiger partial charge in [-0.3, -0.25) is 4.79 Å². The number of benzene rings is 2. The smallest absolute Gasteiger partial charge is 0.273 e. The van der Waals surface area contributed by atoms with Gasteiger partial charge in [-0.05, 0) is 11.1 Å². The molecule has 1 heterocycles. The Morgan fingerprint density at radius 1 is 0.917 bits per heavy atom. The summed E-state index contributed by atoms with van der Waals surface area (Å²) >= 11 is 0. The number of aromatic nitrogens is 2. The van der Waals surface area contributed by atoms with Gasteiger partial charge < -0.3 is 11.1 Å². The zero-order chi connectivity index (χ0) is 16.8. The maximum atomic E-state index is 12.3. The molecule has 3 N–H and O–H groups in total.